The van der Waals surface area contributed by atoms with Gasteiger partial charge in [-0.15, -0.1) is 11.8 Å². The SMILES string of the molecule is CS[C@H]1O[C@@H](c2ccc(C)c(Cc3ccc(CCCCC(N)=O)cc3)c2)[C@H](O)[C@@H](O)[C@@H]1O. The number of unbranched alkanes of at least 4 members (excludes halogenated alkanes) is 1. The summed E-state index contributed by atoms with van der Waals surface area (Å²) in [6.45, 7) is 2.05. The van der Waals surface area contributed by atoms with Crippen LogP contribution in [-0.2, 0) is 22.4 Å². The molecule has 3 rings (SSSR count). The summed E-state index contributed by atoms with van der Waals surface area (Å²) < 4.78 is 5.91. The summed E-state index contributed by atoms with van der Waals surface area (Å²) in [6.07, 6.45) is 1.35. The minimum absolute atomic E-state index is 0.251. The lowest BCUT2D eigenvalue weighted by Gasteiger charge is -2.40. The third-order valence-corrected chi connectivity index (χ3v) is 6.91. The van der Waals surface area contributed by atoms with Crippen molar-refractivity contribution in [3.8, 4) is 0 Å². The van der Waals surface area contributed by atoms with Crippen LogP contribution in [0.2, 0.25) is 0 Å². The zero-order valence-electron chi connectivity index (χ0n) is 18.6. The first-order valence-corrected chi connectivity index (χ1v) is 12.3. The van der Waals surface area contributed by atoms with Crippen LogP contribution in [0.15, 0.2) is 42.5 Å². The van der Waals surface area contributed by atoms with Gasteiger partial charge >= 0.3 is 0 Å². The Labute approximate surface area is 193 Å². The molecule has 1 saturated heterocycles. The molecule has 32 heavy (non-hydrogen) atoms. The fourth-order valence-corrected chi connectivity index (χ4v) is 4.72. The first-order valence-electron chi connectivity index (χ1n) is 11.0. The van der Waals surface area contributed by atoms with E-state index in [-0.39, 0.29) is 5.91 Å². The molecule has 0 spiro atoms. The van der Waals surface area contributed by atoms with E-state index in [2.05, 4.69) is 24.3 Å². The molecule has 1 aliphatic heterocycles. The maximum Gasteiger partial charge on any atom is 0.217 e. The van der Waals surface area contributed by atoms with E-state index in [0.717, 1.165) is 42.4 Å². The van der Waals surface area contributed by atoms with E-state index in [1.54, 1.807) is 6.26 Å². The Morgan fingerprint density at radius 2 is 1.69 bits per heavy atom. The van der Waals surface area contributed by atoms with Crippen molar-refractivity contribution in [1.82, 2.24) is 0 Å². The van der Waals surface area contributed by atoms with Crippen molar-refractivity contribution in [2.24, 2.45) is 5.73 Å². The number of benzene rings is 2. The first kappa shape index (κ1) is 24.7. The van der Waals surface area contributed by atoms with E-state index < -0.39 is 29.9 Å². The Hall–Kier alpha value is -1.90. The zero-order chi connectivity index (χ0) is 23.3. The van der Waals surface area contributed by atoms with Crippen LogP contribution in [0.5, 0.6) is 0 Å². The molecular weight excluding hydrogens is 426 g/mol. The molecule has 174 valence electrons. The van der Waals surface area contributed by atoms with Crippen molar-refractivity contribution in [2.75, 3.05) is 6.26 Å². The van der Waals surface area contributed by atoms with Gasteiger partial charge in [0.05, 0.1) is 0 Å². The van der Waals surface area contributed by atoms with Crippen LogP contribution >= 0.6 is 11.8 Å². The van der Waals surface area contributed by atoms with Crippen molar-refractivity contribution in [3.05, 3.63) is 70.3 Å². The number of aliphatic hydroxyl groups is 3. The van der Waals surface area contributed by atoms with Gasteiger partial charge in [0.25, 0.3) is 0 Å². The van der Waals surface area contributed by atoms with Crippen molar-refractivity contribution in [1.29, 1.82) is 0 Å². The van der Waals surface area contributed by atoms with Crippen LogP contribution in [0.25, 0.3) is 0 Å². The summed E-state index contributed by atoms with van der Waals surface area (Å²) in [5.74, 6) is -0.251. The number of hydrogen-bond donors (Lipinski definition) is 4. The lowest BCUT2D eigenvalue weighted by molar-refractivity contribution is -0.200. The van der Waals surface area contributed by atoms with E-state index in [1.165, 1.54) is 22.9 Å². The summed E-state index contributed by atoms with van der Waals surface area (Å²) in [7, 11) is 0. The van der Waals surface area contributed by atoms with E-state index in [1.807, 2.05) is 25.1 Å². The van der Waals surface area contributed by atoms with Crippen molar-refractivity contribution in [3.63, 3.8) is 0 Å². The second-order valence-electron chi connectivity index (χ2n) is 8.49. The van der Waals surface area contributed by atoms with Gasteiger partial charge in [-0.2, -0.15) is 0 Å². The number of thioether (sulfide) groups is 1. The number of hydrogen-bond acceptors (Lipinski definition) is 6. The van der Waals surface area contributed by atoms with Gasteiger partial charge in [0.15, 0.2) is 0 Å². The molecule has 6 nitrogen and oxygen atoms in total. The zero-order valence-corrected chi connectivity index (χ0v) is 19.4. The summed E-state index contributed by atoms with van der Waals surface area (Å²) in [6, 6.07) is 14.4. The molecule has 5 N–H and O–H groups in total. The maximum absolute atomic E-state index is 10.8. The number of primary amides is 1. The summed E-state index contributed by atoms with van der Waals surface area (Å²) in [5.41, 5.74) is 10.0. The number of carbonyl (C=O) groups is 1. The number of aliphatic hydroxyl groups excluding tert-OH is 3. The van der Waals surface area contributed by atoms with Gasteiger partial charge in [-0.25, -0.2) is 0 Å². The lowest BCUT2D eigenvalue weighted by atomic mass is 9.91. The number of carbonyl (C=O) groups excluding carboxylic acids is 1. The van der Waals surface area contributed by atoms with Crippen LogP contribution in [0.4, 0.5) is 0 Å². The fraction of sp³-hybridized carbons (Fsp3) is 0.480. The van der Waals surface area contributed by atoms with Crippen LogP contribution in [-0.4, -0.2) is 51.2 Å². The molecule has 0 radical (unpaired) electrons. The number of amides is 1. The topological polar surface area (TPSA) is 113 Å². The highest BCUT2D eigenvalue weighted by atomic mass is 32.2. The van der Waals surface area contributed by atoms with E-state index in [9.17, 15) is 20.1 Å². The number of rotatable bonds is 9. The fourth-order valence-electron chi connectivity index (χ4n) is 4.05. The standard InChI is InChI=1S/C25H33NO5S/c1-15-7-12-18(24-22(29)21(28)23(30)25(31-24)32-2)14-19(15)13-17-10-8-16(9-11-17)5-3-4-6-20(26)27/h7-12,14,21-25,28-30H,3-6,13H2,1-2H3,(H2,26,27)/t21-,22-,23+,24+,25-/m1/s1. The summed E-state index contributed by atoms with van der Waals surface area (Å²) in [4.78, 5) is 10.8. The maximum atomic E-state index is 10.8. The predicted octanol–water partition coefficient (Wildman–Crippen LogP) is 2.63. The monoisotopic (exact) mass is 459 g/mol. The second-order valence-corrected chi connectivity index (χ2v) is 9.42. The molecule has 7 heteroatoms. The minimum Gasteiger partial charge on any atom is -0.387 e. The second kappa shape index (κ2) is 11.3. The number of nitrogens with two attached hydrogens (primary N) is 1. The van der Waals surface area contributed by atoms with Gasteiger partial charge < -0.3 is 25.8 Å². The largest absolute Gasteiger partial charge is 0.387 e. The molecule has 0 bridgehead atoms. The summed E-state index contributed by atoms with van der Waals surface area (Å²) >= 11 is 1.31. The molecule has 1 fully saturated rings. The molecule has 0 aliphatic carbocycles. The lowest BCUT2D eigenvalue weighted by Crippen LogP contribution is -2.52. The normalized spacial score (nSPS) is 25.6. The Morgan fingerprint density at radius 3 is 2.34 bits per heavy atom. The van der Waals surface area contributed by atoms with Gasteiger partial charge in [0.1, 0.15) is 29.9 Å². The Morgan fingerprint density at radius 1 is 1.00 bits per heavy atom. The van der Waals surface area contributed by atoms with Crippen molar-refractivity contribution >= 4 is 17.7 Å². The molecule has 1 aliphatic rings. The van der Waals surface area contributed by atoms with Gasteiger partial charge in [0, 0.05) is 6.42 Å². The van der Waals surface area contributed by atoms with Crippen LogP contribution < -0.4 is 5.73 Å². The smallest absolute Gasteiger partial charge is 0.217 e. The van der Waals surface area contributed by atoms with E-state index in [0.29, 0.717) is 6.42 Å². The highest BCUT2D eigenvalue weighted by Gasteiger charge is 2.44. The van der Waals surface area contributed by atoms with Gasteiger partial charge in [-0.3, -0.25) is 4.79 Å². The average Bonchev–Trinajstić information content (AvgIpc) is 2.78. The summed E-state index contributed by atoms with van der Waals surface area (Å²) in [5, 5.41) is 30.9. The number of ether oxygens (including phenoxy) is 1. The van der Waals surface area contributed by atoms with Gasteiger partial charge in [0.2, 0.25) is 5.91 Å². The highest BCUT2D eigenvalue weighted by molar-refractivity contribution is 7.99. The van der Waals surface area contributed by atoms with Gasteiger partial charge in [-0.05, 0) is 66.7 Å². The highest BCUT2D eigenvalue weighted by Crippen LogP contribution is 2.36. The molecule has 5 atom stereocenters. The first-order chi connectivity index (χ1) is 15.3. The molecule has 0 aromatic heterocycles. The third kappa shape index (κ3) is 6.11. The Kier molecular flexibility index (Phi) is 8.73. The van der Waals surface area contributed by atoms with Crippen molar-refractivity contribution in [2.45, 2.75) is 68.9 Å². The predicted molar refractivity (Wildman–Crippen MR) is 126 cm³/mol. The average molecular weight is 460 g/mol. The third-order valence-electron chi connectivity index (χ3n) is 6.06. The van der Waals surface area contributed by atoms with Crippen LogP contribution in [0.3, 0.4) is 0 Å². The van der Waals surface area contributed by atoms with Crippen molar-refractivity contribution < 1.29 is 24.9 Å². The number of aryl methyl sites for hydroxylation is 2. The quantitative estimate of drug-likeness (QED) is 0.429. The Bertz CT molecular complexity index is 902. The van der Waals surface area contributed by atoms with E-state index in [4.69, 9.17) is 10.5 Å². The molecule has 2 aromatic rings. The molecule has 1 heterocycles. The molecule has 0 unspecified atom stereocenters. The van der Waals surface area contributed by atoms with Crippen LogP contribution in [0, 0.1) is 6.92 Å². The molecule has 0 saturated carbocycles. The molecular formula is C25H33NO5S. The molecule has 1 amide bonds. The minimum atomic E-state index is -1.26. The van der Waals surface area contributed by atoms with Crippen LogP contribution in [0.1, 0.15) is 53.2 Å². The van der Waals surface area contributed by atoms with Gasteiger partial charge in [-0.1, -0.05) is 42.5 Å². The van der Waals surface area contributed by atoms with E-state index >= 15 is 0 Å². The Balaban J connectivity index is 1.69. The molecule has 2 aromatic carbocycles.